The van der Waals surface area contributed by atoms with Crippen LogP contribution in [0, 0.1) is 5.82 Å². The van der Waals surface area contributed by atoms with Crippen molar-refractivity contribution in [1.82, 2.24) is 0 Å². The number of aromatic carboxylic acids is 1. The van der Waals surface area contributed by atoms with Crippen molar-refractivity contribution in [3.8, 4) is 5.75 Å². The minimum Gasteiger partial charge on any atom is -0.485 e. The fourth-order valence-corrected chi connectivity index (χ4v) is 3.61. The van der Waals surface area contributed by atoms with Crippen molar-refractivity contribution in [2.24, 2.45) is 5.73 Å². The summed E-state index contributed by atoms with van der Waals surface area (Å²) in [7, 11) is -3.27. The summed E-state index contributed by atoms with van der Waals surface area (Å²) in [6.07, 6.45) is -0.824. The van der Waals surface area contributed by atoms with Crippen molar-refractivity contribution in [2.75, 3.05) is 11.5 Å². The van der Waals surface area contributed by atoms with E-state index < -0.39 is 33.8 Å². The standard InChI is InChI=1S/C11H12FNO5S/c12-7-3-6(11(14)15)1-2-9(7)18-10-5-19(16,17)4-8(10)13/h1-3,8,10H,4-5,13H2,(H,14,15). The van der Waals surface area contributed by atoms with Crippen molar-refractivity contribution in [1.29, 1.82) is 0 Å². The Hall–Kier alpha value is -1.67. The van der Waals surface area contributed by atoms with Gasteiger partial charge in [0.05, 0.1) is 23.1 Å². The first-order valence-corrected chi connectivity index (χ1v) is 7.26. The highest BCUT2D eigenvalue weighted by Crippen LogP contribution is 2.23. The summed E-state index contributed by atoms with van der Waals surface area (Å²) in [5.41, 5.74) is 5.40. The number of halogens is 1. The lowest BCUT2D eigenvalue weighted by molar-refractivity contribution is 0.0696. The first-order chi connectivity index (χ1) is 8.78. The van der Waals surface area contributed by atoms with Crippen LogP contribution in [0.2, 0.25) is 0 Å². The van der Waals surface area contributed by atoms with Crippen LogP contribution < -0.4 is 10.5 Å². The Morgan fingerprint density at radius 3 is 2.58 bits per heavy atom. The van der Waals surface area contributed by atoms with Gasteiger partial charge in [0, 0.05) is 0 Å². The number of carboxylic acid groups (broad SMARTS) is 1. The van der Waals surface area contributed by atoms with Gasteiger partial charge in [-0.2, -0.15) is 0 Å². The quantitative estimate of drug-likeness (QED) is 0.813. The van der Waals surface area contributed by atoms with E-state index in [0.29, 0.717) is 0 Å². The third-order valence-electron chi connectivity index (χ3n) is 2.80. The maximum absolute atomic E-state index is 13.6. The number of ether oxygens (including phenoxy) is 1. The van der Waals surface area contributed by atoms with E-state index in [9.17, 15) is 17.6 Å². The molecule has 1 heterocycles. The molecule has 0 bridgehead atoms. The normalized spacial score (nSPS) is 25.2. The largest absolute Gasteiger partial charge is 0.485 e. The SMILES string of the molecule is NC1CS(=O)(=O)CC1Oc1ccc(C(=O)O)cc1F. The van der Waals surface area contributed by atoms with E-state index in [0.717, 1.165) is 12.1 Å². The maximum atomic E-state index is 13.6. The van der Waals surface area contributed by atoms with Crippen LogP contribution in [0.25, 0.3) is 0 Å². The average Bonchev–Trinajstić information content (AvgIpc) is 2.54. The van der Waals surface area contributed by atoms with E-state index in [1.54, 1.807) is 0 Å². The van der Waals surface area contributed by atoms with Crippen LogP contribution in [-0.4, -0.2) is 43.1 Å². The van der Waals surface area contributed by atoms with Crippen LogP contribution in [0.3, 0.4) is 0 Å². The van der Waals surface area contributed by atoms with E-state index in [1.165, 1.54) is 6.07 Å². The average molecular weight is 289 g/mol. The summed E-state index contributed by atoms with van der Waals surface area (Å²) in [5, 5.41) is 8.69. The number of benzene rings is 1. The zero-order valence-corrected chi connectivity index (χ0v) is 10.6. The summed E-state index contributed by atoms with van der Waals surface area (Å²) in [6, 6.07) is 2.42. The summed E-state index contributed by atoms with van der Waals surface area (Å²) in [4.78, 5) is 10.6. The molecule has 1 aromatic carbocycles. The van der Waals surface area contributed by atoms with Crippen molar-refractivity contribution in [3.63, 3.8) is 0 Å². The molecule has 2 unspecified atom stereocenters. The van der Waals surface area contributed by atoms with Gasteiger partial charge in [-0.3, -0.25) is 0 Å². The fourth-order valence-electron chi connectivity index (χ4n) is 1.86. The van der Waals surface area contributed by atoms with Gasteiger partial charge in [0.15, 0.2) is 21.4 Å². The van der Waals surface area contributed by atoms with Crippen LogP contribution in [-0.2, 0) is 9.84 Å². The number of carbonyl (C=O) groups is 1. The number of hydrogen-bond acceptors (Lipinski definition) is 5. The Morgan fingerprint density at radius 1 is 1.42 bits per heavy atom. The van der Waals surface area contributed by atoms with E-state index in [2.05, 4.69) is 0 Å². The molecule has 6 nitrogen and oxygen atoms in total. The monoisotopic (exact) mass is 289 g/mol. The van der Waals surface area contributed by atoms with Gasteiger partial charge in [-0.15, -0.1) is 0 Å². The molecular weight excluding hydrogens is 277 g/mol. The second-order valence-corrected chi connectivity index (χ2v) is 6.50. The molecule has 2 rings (SSSR count). The van der Waals surface area contributed by atoms with Crippen LogP contribution >= 0.6 is 0 Å². The van der Waals surface area contributed by atoms with Gasteiger partial charge < -0.3 is 15.6 Å². The highest BCUT2D eigenvalue weighted by molar-refractivity contribution is 7.91. The van der Waals surface area contributed by atoms with Crippen LogP contribution in [0.5, 0.6) is 5.75 Å². The Morgan fingerprint density at radius 2 is 2.11 bits per heavy atom. The fraction of sp³-hybridized carbons (Fsp3) is 0.364. The van der Waals surface area contributed by atoms with Gasteiger partial charge in [-0.05, 0) is 18.2 Å². The van der Waals surface area contributed by atoms with E-state index in [4.69, 9.17) is 15.6 Å². The van der Waals surface area contributed by atoms with Crippen molar-refractivity contribution in [2.45, 2.75) is 12.1 Å². The zero-order valence-electron chi connectivity index (χ0n) is 9.74. The Bertz CT molecular complexity index is 616. The predicted octanol–water partition coefficient (Wildman–Crippen LogP) is 0.0270. The zero-order chi connectivity index (χ0) is 14.2. The number of nitrogens with two attached hydrogens (primary N) is 1. The second kappa shape index (κ2) is 4.78. The minimum atomic E-state index is -3.27. The van der Waals surface area contributed by atoms with E-state index in [1.807, 2.05) is 0 Å². The number of carboxylic acids is 1. The summed E-state index contributed by atoms with van der Waals surface area (Å²) in [5.74, 6) is -2.80. The lowest BCUT2D eigenvalue weighted by Crippen LogP contribution is -2.37. The lowest BCUT2D eigenvalue weighted by Gasteiger charge is -2.16. The molecule has 0 radical (unpaired) electrons. The maximum Gasteiger partial charge on any atom is 0.335 e. The summed E-state index contributed by atoms with van der Waals surface area (Å²) in [6.45, 7) is 0. The molecular formula is C11H12FNO5S. The molecule has 104 valence electrons. The summed E-state index contributed by atoms with van der Waals surface area (Å²) >= 11 is 0. The Labute approximate surface area is 108 Å². The van der Waals surface area contributed by atoms with E-state index >= 15 is 0 Å². The Kier molecular flexibility index (Phi) is 3.46. The topological polar surface area (TPSA) is 107 Å². The molecule has 1 aliphatic heterocycles. The molecule has 2 atom stereocenters. The molecule has 1 aliphatic rings. The predicted molar refractivity (Wildman–Crippen MR) is 64.4 cm³/mol. The highest BCUT2D eigenvalue weighted by atomic mass is 32.2. The molecule has 0 saturated carbocycles. The van der Waals surface area contributed by atoms with Crippen molar-refractivity contribution < 1.29 is 27.4 Å². The molecule has 0 amide bonds. The number of sulfone groups is 1. The molecule has 0 spiro atoms. The first kappa shape index (κ1) is 13.8. The van der Waals surface area contributed by atoms with Gasteiger partial charge in [0.1, 0.15) is 6.10 Å². The van der Waals surface area contributed by atoms with Crippen LogP contribution in [0.1, 0.15) is 10.4 Å². The molecule has 1 saturated heterocycles. The smallest absolute Gasteiger partial charge is 0.335 e. The molecule has 0 aromatic heterocycles. The molecule has 8 heteroatoms. The van der Waals surface area contributed by atoms with E-state index in [-0.39, 0.29) is 22.8 Å². The summed E-state index contributed by atoms with van der Waals surface area (Å²) < 4.78 is 41.5. The van der Waals surface area contributed by atoms with Crippen molar-refractivity contribution >= 4 is 15.8 Å². The van der Waals surface area contributed by atoms with Gasteiger partial charge in [0.25, 0.3) is 0 Å². The second-order valence-electron chi connectivity index (χ2n) is 4.35. The molecule has 1 fully saturated rings. The molecule has 19 heavy (non-hydrogen) atoms. The third-order valence-corrected chi connectivity index (χ3v) is 4.53. The highest BCUT2D eigenvalue weighted by Gasteiger charge is 2.37. The van der Waals surface area contributed by atoms with Crippen molar-refractivity contribution in [3.05, 3.63) is 29.6 Å². The lowest BCUT2D eigenvalue weighted by atomic mass is 10.2. The van der Waals surface area contributed by atoms with Gasteiger partial charge in [0.2, 0.25) is 0 Å². The minimum absolute atomic E-state index is 0.202. The van der Waals surface area contributed by atoms with Gasteiger partial charge in [-0.25, -0.2) is 17.6 Å². The van der Waals surface area contributed by atoms with Gasteiger partial charge in [-0.1, -0.05) is 0 Å². The number of hydrogen-bond donors (Lipinski definition) is 2. The number of rotatable bonds is 3. The molecule has 1 aromatic rings. The first-order valence-electron chi connectivity index (χ1n) is 5.44. The Balaban J connectivity index is 2.18. The molecule has 0 aliphatic carbocycles. The van der Waals surface area contributed by atoms with Crippen LogP contribution in [0.4, 0.5) is 4.39 Å². The molecule has 3 N–H and O–H groups in total. The van der Waals surface area contributed by atoms with Gasteiger partial charge >= 0.3 is 5.97 Å². The third kappa shape index (κ3) is 3.02. The van der Waals surface area contributed by atoms with Crippen LogP contribution in [0.15, 0.2) is 18.2 Å².